The van der Waals surface area contributed by atoms with Crippen molar-refractivity contribution in [1.82, 2.24) is 4.90 Å². The van der Waals surface area contributed by atoms with Gasteiger partial charge >= 0.3 is 11.8 Å². The lowest BCUT2D eigenvalue weighted by Crippen LogP contribution is -2.41. The fourth-order valence-corrected chi connectivity index (χ4v) is 3.17. The van der Waals surface area contributed by atoms with Gasteiger partial charge in [-0.15, -0.1) is 0 Å². The number of carbonyl (C=O) groups excluding carboxylic acids is 1. The van der Waals surface area contributed by atoms with Crippen molar-refractivity contribution in [3.63, 3.8) is 0 Å². The number of nitrogens with zero attached hydrogens (tertiary/aromatic N) is 2. The van der Waals surface area contributed by atoms with Gasteiger partial charge in [-0.25, -0.2) is 4.79 Å². The molecule has 0 unspecified atom stereocenters. The molecule has 1 aromatic carbocycles. The lowest BCUT2D eigenvalue weighted by molar-refractivity contribution is -0.386. The monoisotopic (exact) mass is 400 g/mol. The Morgan fingerprint density at radius 1 is 1.38 bits per heavy atom. The summed E-state index contributed by atoms with van der Waals surface area (Å²) in [4.78, 5) is 24.2. The molecule has 24 heavy (non-hydrogen) atoms. The third kappa shape index (κ3) is 4.37. The number of phenols is 1. The van der Waals surface area contributed by atoms with Crippen molar-refractivity contribution < 1.29 is 19.6 Å². The summed E-state index contributed by atoms with van der Waals surface area (Å²) >= 11 is 3.16. The number of phenolic OH excluding ortho intramolecular Hbond substituents is 1. The van der Waals surface area contributed by atoms with Crippen molar-refractivity contribution >= 4 is 27.7 Å². The number of aromatic hydroxyl groups is 1. The summed E-state index contributed by atoms with van der Waals surface area (Å²) in [6.07, 6.45) is 1.04. The van der Waals surface area contributed by atoms with E-state index in [4.69, 9.17) is 4.74 Å². The minimum Gasteiger partial charge on any atom is -0.501 e. The molecule has 1 heterocycles. The third-order valence-corrected chi connectivity index (χ3v) is 4.48. The number of hydrogen-bond donors (Lipinski definition) is 1. The van der Waals surface area contributed by atoms with Gasteiger partial charge in [-0.3, -0.25) is 10.1 Å². The molecule has 0 aromatic heterocycles. The summed E-state index contributed by atoms with van der Waals surface area (Å²) < 4.78 is 5.67. The highest BCUT2D eigenvalue weighted by atomic mass is 79.9. The Hall–Kier alpha value is -1.83. The number of amides is 1. The molecule has 0 bridgehead atoms. The highest BCUT2D eigenvalue weighted by Crippen LogP contribution is 2.39. The fourth-order valence-electron chi connectivity index (χ4n) is 2.70. The summed E-state index contributed by atoms with van der Waals surface area (Å²) in [5, 5.41) is 20.8. The van der Waals surface area contributed by atoms with Gasteiger partial charge in [0.2, 0.25) is 5.75 Å². The smallest absolute Gasteiger partial charge is 0.410 e. The van der Waals surface area contributed by atoms with E-state index >= 15 is 0 Å². The molecule has 1 fully saturated rings. The standard InChI is InChI=1S/C16H21BrN2O5/c1-16(2,3)24-15(21)18-6-4-10(5-7-18)11-8-12(17)14(20)13(9-11)19(22)23/h8-10,20H,4-7H2,1-3H3. The number of piperidine rings is 1. The van der Waals surface area contributed by atoms with Gasteiger partial charge in [0.05, 0.1) is 9.40 Å². The summed E-state index contributed by atoms with van der Waals surface area (Å²) in [5.41, 5.74) is -0.0553. The number of benzene rings is 1. The second-order valence-corrected chi connectivity index (χ2v) is 7.72. The van der Waals surface area contributed by atoms with Crippen LogP contribution >= 0.6 is 15.9 Å². The van der Waals surface area contributed by atoms with Crippen LogP contribution in [0.1, 0.15) is 45.1 Å². The molecule has 1 aliphatic rings. The van der Waals surface area contributed by atoms with Crippen LogP contribution in [0.5, 0.6) is 5.75 Å². The van der Waals surface area contributed by atoms with E-state index in [0.717, 1.165) is 5.56 Å². The average Bonchev–Trinajstić information content (AvgIpc) is 2.48. The molecule has 1 aromatic rings. The number of halogens is 1. The minimum atomic E-state index is -0.598. The van der Waals surface area contributed by atoms with Crippen molar-refractivity contribution in [2.24, 2.45) is 0 Å². The van der Waals surface area contributed by atoms with Crippen molar-refractivity contribution in [2.45, 2.75) is 45.1 Å². The molecular formula is C16H21BrN2O5. The molecule has 1 amide bonds. The van der Waals surface area contributed by atoms with E-state index in [2.05, 4.69) is 15.9 Å². The molecule has 8 heteroatoms. The second kappa shape index (κ2) is 6.96. The van der Waals surface area contributed by atoms with Crippen LogP contribution in [-0.2, 0) is 4.74 Å². The van der Waals surface area contributed by atoms with Crippen molar-refractivity contribution in [2.75, 3.05) is 13.1 Å². The molecule has 0 saturated carbocycles. The number of likely N-dealkylation sites (tertiary alicyclic amines) is 1. The first-order chi connectivity index (χ1) is 11.1. The lowest BCUT2D eigenvalue weighted by Gasteiger charge is -2.33. The molecular weight excluding hydrogens is 380 g/mol. The zero-order valence-electron chi connectivity index (χ0n) is 13.9. The largest absolute Gasteiger partial charge is 0.501 e. The van der Waals surface area contributed by atoms with Gasteiger partial charge in [0.15, 0.2) is 0 Å². The van der Waals surface area contributed by atoms with E-state index in [-0.39, 0.29) is 23.4 Å². The maximum atomic E-state index is 12.1. The van der Waals surface area contributed by atoms with Crippen LogP contribution in [0.25, 0.3) is 0 Å². The Labute approximate surface area is 148 Å². The van der Waals surface area contributed by atoms with E-state index in [9.17, 15) is 20.0 Å². The number of nitro benzene ring substituents is 1. The van der Waals surface area contributed by atoms with Crippen LogP contribution < -0.4 is 0 Å². The number of ether oxygens (including phenoxy) is 1. The maximum Gasteiger partial charge on any atom is 0.410 e. The molecule has 2 rings (SSSR count). The fraction of sp³-hybridized carbons (Fsp3) is 0.562. The van der Waals surface area contributed by atoms with Gasteiger partial charge in [-0.05, 0) is 67.1 Å². The van der Waals surface area contributed by atoms with Gasteiger partial charge in [0.25, 0.3) is 0 Å². The Bertz CT molecular complexity index is 649. The maximum absolute atomic E-state index is 12.1. The SMILES string of the molecule is CC(C)(C)OC(=O)N1CCC(c2cc(Br)c(O)c([N+](=O)[O-])c2)CC1. The Morgan fingerprint density at radius 3 is 2.46 bits per heavy atom. The third-order valence-electron chi connectivity index (χ3n) is 3.88. The normalized spacial score (nSPS) is 16.1. The van der Waals surface area contributed by atoms with Crippen molar-refractivity contribution in [3.8, 4) is 5.75 Å². The zero-order chi connectivity index (χ0) is 18.1. The van der Waals surface area contributed by atoms with E-state index in [1.54, 1.807) is 11.0 Å². The van der Waals surface area contributed by atoms with Crippen LogP contribution in [0.3, 0.4) is 0 Å². The van der Waals surface area contributed by atoms with Gasteiger partial charge in [0, 0.05) is 19.2 Å². The summed E-state index contributed by atoms with van der Waals surface area (Å²) in [6, 6.07) is 3.12. The predicted octanol–water partition coefficient (Wildman–Crippen LogP) is 4.18. The lowest BCUT2D eigenvalue weighted by atomic mass is 9.89. The summed E-state index contributed by atoms with van der Waals surface area (Å²) in [7, 11) is 0. The van der Waals surface area contributed by atoms with Gasteiger partial charge in [-0.1, -0.05) is 0 Å². The first-order valence-corrected chi connectivity index (χ1v) is 8.52. The van der Waals surface area contributed by atoms with Crippen molar-refractivity contribution in [3.05, 3.63) is 32.3 Å². The number of carbonyl (C=O) groups is 1. The van der Waals surface area contributed by atoms with Crippen LogP contribution in [-0.4, -0.2) is 39.7 Å². The Morgan fingerprint density at radius 2 is 1.96 bits per heavy atom. The highest BCUT2D eigenvalue weighted by molar-refractivity contribution is 9.10. The molecule has 0 spiro atoms. The quantitative estimate of drug-likeness (QED) is 0.593. The number of nitro groups is 1. The molecule has 132 valence electrons. The number of hydrogen-bond acceptors (Lipinski definition) is 5. The number of rotatable bonds is 2. The topological polar surface area (TPSA) is 92.9 Å². The predicted molar refractivity (Wildman–Crippen MR) is 92.2 cm³/mol. The molecule has 0 radical (unpaired) electrons. The average molecular weight is 401 g/mol. The Balaban J connectivity index is 2.07. The van der Waals surface area contributed by atoms with E-state index in [0.29, 0.717) is 30.4 Å². The second-order valence-electron chi connectivity index (χ2n) is 6.87. The molecule has 1 N–H and O–H groups in total. The van der Waals surface area contributed by atoms with E-state index in [1.165, 1.54) is 6.07 Å². The van der Waals surface area contributed by atoms with Crippen LogP contribution in [0, 0.1) is 10.1 Å². The molecule has 7 nitrogen and oxygen atoms in total. The van der Waals surface area contributed by atoms with Crippen LogP contribution in [0.15, 0.2) is 16.6 Å². The van der Waals surface area contributed by atoms with Crippen LogP contribution in [0.2, 0.25) is 0 Å². The molecule has 0 atom stereocenters. The summed E-state index contributed by atoms with van der Waals surface area (Å²) in [6.45, 7) is 6.54. The zero-order valence-corrected chi connectivity index (χ0v) is 15.5. The van der Waals surface area contributed by atoms with E-state index in [1.807, 2.05) is 20.8 Å². The van der Waals surface area contributed by atoms with E-state index < -0.39 is 10.5 Å². The highest BCUT2D eigenvalue weighted by Gasteiger charge is 2.29. The Kier molecular flexibility index (Phi) is 5.37. The first kappa shape index (κ1) is 18.5. The van der Waals surface area contributed by atoms with Gasteiger partial charge < -0.3 is 14.7 Å². The summed E-state index contributed by atoms with van der Waals surface area (Å²) in [5.74, 6) is -0.269. The minimum absolute atomic E-state index is 0.0966. The first-order valence-electron chi connectivity index (χ1n) is 7.73. The molecule has 1 saturated heterocycles. The molecule has 1 aliphatic heterocycles. The van der Waals surface area contributed by atoms with Gasteiger partial charge in [0.1, 0.15) is 5.60 Å². The molecule has 0 aliphatic carbocycles. The van der Waals surface area contributed by atoms with Crippen LogP contribution in [0.4, 0.5) is 10.5 Å². The van der Waals surface area contributed by atoms with Gasteiger partial charge in [-0.2, -0.15) is 0 Å². The van der Waals surface area contributed by atoms with Crippen molar-refractivity contribution in [1.29, 1.82) is 0 Å².